The second kappa shape index (κ2) is 12.7. The van der Waals surface area contributed by atoms with Crippen molar-refractivity contribution in [2.24, 2.45) is 23.7 Å². The fraction of sp³-hybridized carbons (Fsp3) is 1.00. The minimum atomic E-state index is 0.935. The van der Waals surface area contributed by atoms with Gasteiger partial charge in [0, 0.05) is 0 Å². The third-order valence-electron chi connectivity index (χ3n) is 5.58. The van der Waals surface area contributed by atoms with Crippen LogP contribution in [0.5, 0.6) is 0 Å². The molecule has 0 bridgehead atoms. The molecule has 122 valence electrons. The lowest BCUT2D eigenvalue weighted by molar-refractivity contribution is 0.240. The Kier molecular flexibility index (Phi) is 12.7. The summed E-state index contributed by atoms with van der Waals surface area (Å²) < 4.78 is 0. The van der Waals surface area contributed by atoms with E-state index in [0.29, 0.717) is 0 Å². The second-order valence-corrected chi connectivity index (χ2v) is 7.15. The molecule has 0 aromatic carbocycles. The van der Waals surface area contributed by atoms with E-state index in [1.165, 1.54) is 64.2 Å². The molecule has 0 aromatic heterocycles. The van der Waals surface area contributed by atoms with Crippen LogP contribution in [0.15, 0.2) is 0 Å². The molecule has 1 aliphatic carbocycles. The van der Waals surface area contributed by atoms with Crippen LogP contribution in [0.3, 0.4) is 0 Å². The Morgan fingerprint density at radius 2 is 1.55 bits per heavy atom. The predicted molar refractivity (Wildman–Crippen MR) is 94.2 cm³/mol. The zero-order valence-electron chi connectivity index (χ0n) is 15.4. The molecule has 1 rings (SSSR count). The summed E-state index contributed by atoms with van der Waals surface area (Å²) in [5.41, 5.74) is 0. The third kappa shape index (κ3) is 8.32. The standard InChI is InChI=1S/C10H20.C10H22/c1-3-6-10-8-5-4-7-9(10)2;1-5-8-10(7-3)9(4)6-2/h9-10H,3-8H2,1-2H3;9-10H,5-8H2,1-4H3. The lowest BCUT2D eigenvalue weighted by Crippen LogP contribution is -2.15. The van der Waals surface area contributed by atoms with Gasteiger partial charge in [-0.25, -0.2) is 0 Å². The molecule has 0 radical (unpaired) electrons. The van der Waals surface area contributed by atoms with Crippen LogP contribution in [0.4, 0.5) is 0 Å². The highest BCUT2D eigenvalue weighted by molar-refractivity contribution is 4.71. The Balaban J connectivity index is 0.000000361. The zero-order chi connectivity index (χ0) is 15.4. The molecule has 0 heteroatoms. The Morgan fingerprint density at radius 3 is 2.00 bits per heavy atom. The summed E-state index contributed by atoms with van der Waals surface area (Å²) >= 11 is 0. The maximum absolute atomic E-state index is 2.43. The zero-order valence-corrected chi connectivity index (χ0v) is 15.4. The van der Waals surface area contributed by atoms with Gasteiger partial charge in [-0.3, -0.25) is 0 Å². The van der Waals surface area contributed by atoms with Gasteiger partial charge >= 0.3 is 0 Å². The minimum Gasteiger partial charge on any atom is -0.0654 e. The molecule has 1 fully saturated rings. The van der Waals surface area contributed by atoms with E-state index in [4.69, 9.17) is 0 Å². The highest BCUT2D eigenvalue weighted by atomic mass is 14.2. The van der Waals surface area contributed by atoms with E-state index in [1.807, 2.05) is 0 Å². The average Bonchev–Trinajstić information content (AvgIpc) is 2.47. The van der Waals surface area contributed by atoms with Crippen molar-refractivity contribution in [1.82, 2.24) is 0 Å². The van der Waals surface area contributed by atoms with Gasteiger partial charge in [-0.1, -0.05) is 106 Å². The highest BCUT2D eigenvalue weighted by Crippen LogP contribution is 2.32. The summed E-state index contributed by atoms with van der Waals surface area (Å²) in [7, 11) is 0. The second-order valence-electron chi connectivity index (χ2n) is 7.15. The molecule has 4 atom stereocenters. The Bertz CT molecular complexity index is 185. The lowest BCUT2D eigenvalue weighted by atomic mass is 9.78. The molecule has 0 aliphatic heterocycles. The topological polar surface area (TPSA) is 0 Å². The molecule has 4 unspecified atom stereocenters. The molecule has 0 nitrogen and oxygen atoms in total. The van der Waals surface area contributed by atoms with E-state index >= 15 is 0 Å². The summed E-state index contributed by atoms with van der Waals surface area (Å²) in [4.78, 5) is 0. The first-order valence-electron chi connectivity index (χ1n) is 9.60. The van der Waals surface area contributed by atoms with Crippen LogP contribution in [-0.4, -0.2) is 0 Å². The van der Waals surface area contributed by atoms with Gasteiger partial charge in [0.15, 0.2) is 0 Å². The number of rotatable bonds is 7. The van der Waals surface area contributed by atoms with E-state index in [1.54, 1.807) is 0 Å². The highest BCUT2D eigenvalue weighted by Gasteiger charge is 2.19. The normalized spacial score (nSPS) is 25.5. The van der Waals surface area contributed by atoms with Crippen molar-refractivity contribution in [3.63, 3.8) is 0 Å². The Labute approximate surface area is 130 Å². The van der Waals surface area contributed by atoms with Crippen molar-refractivity contribution >= 4 is 0 Å². The van der Waals surface area contributed by atoms with Gasteiger partial charge in [-0.05, 0) is 23.7 Å². The van der Waals surface area contributed by atoms with Crippen LogP contribution < -0.4 is 0 Å². The van der Waals surface area contributed by atoms with Crippen LogP contribution >= 0.6 is 0 Å². The van der Waals surface area contributed by atoms with Gasteiger partial charge < -0.3 is 0 Å². The summed E-state index contributed by atoms with van der Waals surface area (Å²) in [6, 6.07) is 0. The molecular formula is C20H42. The van der Waals surface area contributed by atoms with Crippen molar-refractivity contribution in [3.8, 4) is 0 Å². The first kappa shape index (κ1) is 20.0. The van der Waals surface area contributed by atoms with Crippen LogP contribution in [0.1, 0.15) is 106 Å². The predicted octanol–water partition coefficient (Wildman–Crippen LogP) is 7.47. The van der Waals surface area contributed by atoms with Gasteiger partial charge in [-0.2, -0.15) is 0 Å². The van der Waals surface area contributed by atoms with Crippen molar-refractivity contribution in [3.05, 3.63) is 0 Å². The summed E-state index contributed by atoms with van der Waals surface area (Å²) in [5, 5.41) is 0. The molecule has 0 aromatic rings. The molecule has 1 aliphatic rings. The first-order chi connectivity index (χ1) is 9.60. The molecule has 0 N–H and O–H groups in total. The molecule has 20 heavy (non-hydrogen) atoms. The van der Waals surface area contributed by atoms with Crippen molar-refractivity contribution in [1.29, 1.82) is 0 Å². The number of hydrogen-bond donors (Lipinski definition) is 0. The van der Waals surface area contributed by atoms with Crippen LogP contribution in [-0.2, 0) is 0 Å². The van der Waals surface area contributed by atoms with Crippen LogP contribution in [0.2, 0.25) is 0 Å². The van der Waals surface area contributed by atoms with E-state index in [9.17, 15) is 0 Å². The van der Waals surface area contributed by atoms with Crippen molar-refractivity contribution < 1.29 is 0 Å². The molecule has 1 saturated carbocycles. The smallest absolute Gasteiger partial charge is 0.0389 e. The van der Waals surface area contributed by atoms with E-state index in [0.717, 1.165) is 23.7 Å². The van der Waals surface area contributed by atoms with Gasteiger partial charge in [-0.15, -0.1) is 0 Å². The summed E-state index contributed by atoms with van der Waals surface area (Å²) in [6.45, 7) is 14.0. The third-order valence-corrected chi connectivity index (χ3v) is 5.58. The van der Waals surface area contributed by atoms with Gasteiger partial charge in [0.05, 0.1) is 0 Å². The molecule has 0 spiro atoms. The summed E-state index contributed by atoms with van der Waals surface area (Å²) in [6.07, 6.45) is 14.3. The molecule has 0 saturated heterocycles. The largest absolute Gasteiger partial charge is 0.0654 e. The maximum atomic E-state index is 2.43. The number of hydrogen-bond acceptors (Lipinski definition) is 0. The monoisotopic (exact) mass is 282 g/mol. The fourth-order valence-electron chi connectivity index (χ4n) is 3.79. The minimum absolute atomic E-state index is 0.935. The van der Waals surface area contributed by atoms with Gasteiger partial charge in [0.1, 0.15) is 0 Å². The average molecular weight is 283 g/mol. The quantitative estimate of drug-likeness (QED) is 0.454. The van der Waals surface area contributed by atoms with E-state index in [-0.39, 0.29) is 0 Å². The van der Waals surface area contributed by atoms with Crippen molar-refractivity contribution in [2.75, 3.05) is 0 Å². The van der Waals surface area contributed by atoms with E-state index in [2.05, 4.69) is 41.5 Å². The molecular weight excluding hydrogens is 240 g/mol. The lowest BCUT2D eigenvalue weighted by Gasteiger charge is -2.28. The van der Waals surface area contributed by atoms with Gasteiger partial charge in [0.2, 0.25) is 0 Å². The Hall–Kier alpha value is 0. The van der Waals surface area contributed by atoms with E-state index < -0.39 is 0 Å². The first-order valence-corrected chi connectivity index (χ1v) is 9.60. The summed E-state index contributed by atoms with van der Waals surface area (Å²) in [5.74, 6) is 4.01. The fourth-order valence-corrected chi connectivity index (χ4v) is 3.79. The maximum Gasteiger partial charge on any atom is -0.0389 e. The van der Waals surface area contributed by atoms with Crippen molar-refractivity contribution in [2.45, 2.75) is 106 Å². The Morgan fingerprint density at radius 1 is 0.900 bits per heavy atom. The van der Waals surface area contributed by atoms with Crippen LogP contribution in [0, 0.1) is 23.7 Å². The van der Waals surface area contributed by atoms with Crippen LogP contribution in [0.25, 0.3) is 0 Å². The molecule has 0 amide bonds. The SMILES string of the molecule is CCCC(CC)C(C)CC.CCCC1CCCCC1C. The molecule has 0 heterocycles. The van der Waals surface area contributed by atoms with Gasteiger partial charge in [0.25, 0.3) is 0 Å².